The number of benzene rings is 3. The van der Waals surface area contributed by atoms with E-state index < -0.39 is 12.0 Å². The SMILES string of the molecule is CCOC(=O)C1=C(C)N=c2s/c(=C\c3ccc(OCc4ccc(Cl)cc4Cl)c(Br)c3)c(=O)n2[C@H]1c1ccc(OC)c(OC)c1. The number of ether oxygens (including phenoxy) is 4. The molecule has 0 fully saturated rings. The van der Waals surface area contributed by atoms with Crippen LogP contribution in [0.25, 0.3) is 6.08 Å². The number of halogens is 3. The molecule has 5 rings (SSSR count). The quantitative estimate of drug-likeness (QED) is 0.185. The summed E-state index contributed by atoms with van der Waals surface area (Å²) in [5.41, 5.74) is 2.68. The van der Waals surface area contributed by atoms with Gasteiger partial charge in [-0.15, -0.1) is 0 Å². The number of esters is 1. The lowest BCUT2D eigenvalue weighted by molar-refractivity contribution is -0.139. The summed E-state index contributed by atoms with van der Waals surface area (Å²) in [6.45, 7) is 3.91. The topological polar surface area (TPSA) is 88.4 Å². The minimum absolute atomic E-state index is 0.181. The highest BCUT2D eigenvalue weighted by Crippen LogP contribution is 2.36. The first-order valence-electron chi connectivity index (χ1n) is 13.4. The number of hydrogen-bond acceptors (Lipinski definition) is 8. The molecule has 0 saturated heterocycles. The lowest BCUT2D eigenvalue weighted by atomic mass is 9.95. The van der Waals surface area contributed by atoms with Gasteiger partial charge >= 0.3 is 5.97 Å². The molecule has 0 bridgehead atoms. The fourth-order valence-corrected chi connectivity index (χ4v) is 6.82. The van der Waals surface area contributed by atoms with Crippen molar-refractivity contribution in [1.82, 2.24) is 4.57 Å². The number of hydrogen-bond donors (Lipinski definition) is 0. The van der Waals surface area contributed by atoms with Gasteiger partial charge in [0, 0.05) is 15.6 Å². The van der Waals surface area contributed by atoms with E-state index in [0.717, 1.165) is 11.1 Å². The van der Waals surface area contributed by atoms with Gasteiger partial charge < -0.3 is 18.9 Å². The molecule has 0 aliphatic carbocycles. The Bertz CT molecular complexity index is 1970. The number of methoxy groups -OCH3 is 2. The van der Waals surface area contributed by atoms with Gasteiger partial charge in [0.1, 0.15) is 12.4 Å². The second-order valence-corrected chi connectivity index (χ2v) is 12.3. The lowest BCUT2D eigenvalue weighted by Crippen LogP contribution is -2.39. The van der Waals surface area contributed by atoms with Crippen LogP contribution in [0.3, 0.4) is 0 Å². The number of allylic oxidation sites excluding steroid dienone is 1. The van der Waals surface area contributed by atoms with Gasteiger partial charge in [-0.3, -0.25) is 9.36 Å². The van der Waals surface area contributed by atoms with Crippen molar-refractivity contribution >= 4 is 62.5 Å². The summed E-state index contributed by atoms with van der Waals surface area (Å²) in [5.74, 6) is 1.06. The highest BCUT2D eigenvalue weighted by molar-refractivity contribution is 9.10. The summed E-state index contributed by atoms with van der Waals surface area (Å²) in [6, 6.07) is 15.3. The molecule has 0 spiro atoms. The zero-order valence-electron chi connectivity index (χ0n) is 24.2. The van der Waals surface area contributed by atoms with E-state index in [-0.39, 0.29) is 24.3 Å². The van der Waals surface area contributed by atoms with Crippen molar-refractivity contribution < 1.29 is 23.7 Å². The van der Waals surface area contributed by atoms with Crippen LogP contribution in [0.2, 0.25) is 10.0 Å². The van der Waals surface area contributed by atoms with Crippen LogP contribution in [-0.4, -0.2) is 31.4 Å². The Labute approximate surface area is 275 Å². The average Bonchev–Trinajstić information content (AvgIpc) is 3.30. The summed E-state index contributed by atoms with van der Waals surface area (Å²) < 4.78 is 24.9. The summed E-state index contributed by atoms with van der Waals surface area (Å²) in [7, 11) is 3.07. The number of thiazole rings is 1. The Kier molecular flexibility index (Phi) is 9.84. The van der Waals surface area contributed by atoms with Crippen molar-refractivity contribution in [2.75, 3.05) is 20.8 Å². The third kappa shape index (κ3) is 6.44. The van der Waals surface area contributed by atoms with E-state index in [1.54, 1.807) is 57.4 Å². The number of nitrogens with zero attached hydrogens (tertiary/aromatic N) is 2. The smallest absolute Gasteiger partial charge is 0.338 e. The fourth-order valence-electron chi connectivity index (χ4n) is 4.80. The van der Waals surface area contributed by atoms with Gasteiger partial charge in [0.25, 0.3) is 5.56 Å². The largest absolute Gasteiger partial charge is 0.493 e. The normalized spacial score (nSPS) is 14.6. The summed E-state index contributed by atoms with van der Waals surface area (Å²) in [4.78, 5) is 32.3. The molecule has 0 unspecified atom stereocenters. The Morgan fingerprint density at radius 1 is 1.05 bits per heavy atom. The van der Waals surface area contributed by atoms with Gasteiger partial charge in [0.15, 0.2) is 16.3 Å². The van der Waals surface area contributed by atoms with Crippen LogP contribution in [0.5, 0.6) is 17.2 Å². The number of rotatable bonds is 9. The summed E-state index contributed by atoms with van der Waals surface area (Å²) >= 11 is 17.1. The molecule has 0 saturated carbocycles. The molecule has 0 amide bonds. The van der Waals surface area contributed by atoms with Crippen molar-refractivity contribution in [3.05, 3.63) is 117 Å². The van der Waals surface area contributed by atoms with Gasteiger partial charge in [-0.2, -0.15) is 0 Å². The highest BCUT2D eigenvalue weighted by Gasteiger charge is 2.34. The van der Waals surface area contributed by atoms with Gasteiger partial charge in [0.2, 0.25) is 0 Å². The van der Waals surface area contributed by atoms with E-state index in [1.165, 1.54) is 23.0 Å². The van der Waals surface area contributed by atoms with E-state index >= 15 is 0 Å². The zero-order chi connectivity index (χ0) is 31.5. The van der Waals surface area contributed by atoms with Crippen molar-refractivity contribution in [3.8, 4) is 17.2 Å². The van der Waals surface area contributed by atoms with Crippen LogP contribution in [0.1, 0.15) is 36.6 Å². The maximum Gasteiger partial charge on any atom is 0.338 e. The Balaban J connectivity index is 1.54. The molecule has 1 aliphatic rings. The molecule has 3 aromatic carbocycles. The number of aromatic nitrogens is 1. The monoisotopic (exact) mass is 716 g/mol. The van der Waals surface area contributed by atoms with E-state index in [4.69, 9.17) is 42.1 Å². The third-order valence-electron chi connectivity index (χ3n) is 6.89. The Morgan fingerprint density at radius 3 is 2.48 bits per heavy atom. The third-order valence-corrected chi connectivity index (χ3v) is 9.08. The zero-order valence-corrected chi connectivity index (χ0v) is 28.1. The van der Waals surface area contributed by atoms with Crippen LogP contribution in [0.15, 0.2) is 80.1 Å². The van der Waals surface area contributed by atoms with E-state index in [0.29, 0.717) is 52.4 Å². The molecule has 1 aliphatic heterocycles. The molecular formula is C32H27BrCl2N2O6S. The van der Waals surface area contributed by atoms with Crippen LogP contribution < -0.4 is 29.1 Å². The molecule has 1 atom stereocenters. The first kappa shape index (κ1) is 31.8. The minimum Gasteiger partial charge on any atom is -0.493 e. The van der Waals surface area contributed by atoms with E-state index in [9.17, 15) is 9.59 Å². The van der Waals surface area contributed by atoms with Crippen molar-refractivity contribution in [2.24, 2.45) is 4.99 Å². The molecule has 0 radical (unpaired) electrons. The van der Waals surface area contributed by atoms with Gasteiger partial charge in [0.05, 0.1) is 47.1 Å². The van der Waals surface area contributed by atoms with Crippen molar-refractivity contribution in [1.29, 1.82) is 0 Å². The molecule has 1 aromatic heterocycles. The molecule has 4 aromatic rings. The number of fused-ring (bicyclic) bond motifs is 1. The fraction of sp³-hybridized carbons (Fsp3) is 0.219. The maximum atomic E-state index is 14.0. The van der Waals surface area contributed by atoms with E-state index in [1.807, 2.05) is 24.3 Å². The molecule has 8 nitrogen and oxygen atoms in total. The predicted molar refractivity (Wildman–Crippen MR) is 175 cm³/mol. The van der Waals surface area contributed by atoms with Crippen molar-refractivity contribution in [2.45, 2.75) is 26.5 Å². The maximum absolute atomic E-state index is 14.0. The van der Waals surface area contributed by atoms with Crippen molar-refractivity contribution in [3.63, 3.8) is 0 Å². The predicted octanol–water partition coefficient (Wildman–Crippen LogP) is 6.46. The van der Waals surface area contributed by atoms with Gasteiger partial charge in [-0.05, 0) is 83.4 Å². The highest BCUT2D eigenvalue weighted by atomic mass is 79.9. The average molecular weight is 718 g/mol. The Hall–Kier alpha value is -3.57. The summed E-state index contributed by atoms with van der Waals surface area (Å²) in [6.07, 6.45) is 1.78. The second kappa shape index (κ2) is 13.6. The van der Waals surface area contributed by atoms with Crippen LogP contribution in [0.4, 0.5) is 0 Å². The second-order valence-electron chi connectivity index (χ2n) is 9.63. The van der Waals surface area contributed by atoms with Crippen LogP contribution in [0, 0.1) is 0 Å². The molecule has 2 heterocycles. The van der Waals surface area contributed by atoms with Gasteiger partial charge in [-0.25, -0.2) is 9.79 Å². The van der Waals surface area contributed by atoms with Crippen LogP contribution in [-0.2, 0) is 16.1 Å². The number of carbonyl (C=O) groups excluding carboxylic acids is 1. The van der Waals surface area contributed by atoms with E-state index in [2.05, 4.69) is 20.9 Å². The minimum atomic E-state index is -0.783. The lowest BCUT2D eigenvalue weighted by Gasteiger charge is -2.25. The Morgan fingerprint density at radius 2 is 1.80 bits per heavy atom. The van der Waals surface area contributed by atoms with Crippen LogP contribution >= 0.6 is 50.5 Å². The van der Waals surface area contributed by atoms with Gasteiger partial charge in [-0.1, -0.05) is 52.7 Å². The first-order chi connectivity index (χ1) is 21.1. The number of carbonyl (C=O) groups is 1. The molecule has 44 heavy (non-hydrogen) atoms. The molecule has 0 N–H and O–H groups in total. The standard InChI is InChI=1S/C32H27BrCl2N2O6S/c1-5-42-31(39)28-17(2)36-32-37(29(28)19-8-11-25(40-3)26(14-19)41-4)30(38)27(44-32)13-18-6-10-24(22(33)12-18)43-16-20-7-9-21(34)15-23(20)35/h6-15,29H,5,16H2,1-4H3/b27-13-/t29-/m0/s1. The molecular weight excluding hydrogens is 691 g/mol. The molecule has 228 valence electrons. The molecule has 12 heteroatoms. The first-order valence-corrected chi connectivity index (χ1v) is 15.8. The summed E-state index contributed by atoms with van der Waals surface area (Å²) in [5, 5.41) is 1.07.